The number of carbonyl (C=O) groups excluding carboxylic acids is 1. The first-order chi connectivity index (χ1) is 14.7. The predicted octanol–water partition coefficient (Wildman–Crippen LogP) is -1.59. The molecule has 0 amide bonds. The smallest absolute Gasteiger partial charge is 0.321 e. The van der Waals surface area contributed by atoms with Crippen LogP contribution in [0, 0.1) is 0 Å². The van der Waals surface area contributed by atoms with Crippen molar-refractivity contribution in [3.8, 4) is 5.75 Å². The van der Waals surface area contributed by atoms with Gasteiger partial charge in [0.2, 0.25) is 10.0 Å². The van der Waals surface area contributed by atoms with Gasteiger partial charge in [-0.25, -0.2) is 13.8 Å². The minimum atomic E-state index is -4.01. The van der Waals surface area contributed by atoms with Gasteiger partial charge in [-0.1, -0.05) is 0 Å². The minimum absolute atomic E-state index is 0.237. The molecule has 0 aliphatic carbocycles. The Morgan fingerprint density at radius 1 is 1.32 bits per heavy atom. The number of nitrogens with two attached hydrogens (primary N) is 1. The zero-order valence-corrected chi connectivity index (χ0v) is 17.9. The highest BCUT2D eigenvalue weighted by atomic mass is 32.2. The summed E-state index contributed by atoms with van der Waals surface area (Å²) in [6.07, 6.45) is 1.01. The normalized spacial score (nSPS) is 15.9. The Labute approximate surface area is 180 Å². The molecule has 2 atom stereocenters. The summed E-state index contributed by atoms with van der Waals surface area (Å²) in [5.41, 5.74) is 8.10. The van der Waals surface area contributed by atoms with Crippen molar-refractivity contribution in [1.82, 2.24) is 20.9 Å². The fourth-order valence-electron chi connectivity index (χ4n) is 2.51. The van der Waals surface area contributed by atoms with E-state index in [2.05, 4.69) is 21.1 Å². The molecular formula is C18H28N6O6S. The lowest BCUT2D eigenvalue weighted by molar-refractivity contribution is -0.139. The van der Waals surface area contributed by atoms with Gasteiger partial charge in [-0.05, 0) is 37.6 Å². The van der Waals surface area contributed by atoms with Gasteiger partial charge in [0.25, 0.3) is 0 Å². The topological polar surface area (TPSA) is 184 Å². The maximum absolute atomic E-state index is 12.4. The van der Waals surface area contributed by atoms with Crippen LogP contribution in [-0.4, -0.2) is 75.3 Å². The number of benzene rings is 1. The summed E-state index contributed by atoms with van der Waals surface area (Å²) in [4.78, 5) is 29.3. The number of guanidine groups is 1. The molecule has 0 unspecified atom stereocenters. The molecule has 1 aliphatic rings. The van der Waals surface area contributed by atoms with Crippen molar-refractivity contribution in [1.29, 1.82) is 0 Å². The third kappa shape index (κ3) is 8.49. The molecule has 0 radical (unpaired) electrons. The Kier molecular flexibility index (Phi) is 9.18. The number of rotatable bonds is 12. The Bertz CT molecular complexity index is 889. The first-order valence-electron chi connectivity index (χ1n) is 9.70. The van der Waals surface area contributed by atoms with Crippen molar-refractivity contribution in [2.45, 2.75) is 25.4 Å². The predicted molar refractivity (Wildman–Crippen MR) is 114 cm³/mol. The van der Waals surface area contributed by atoms with Gasteiger partial charge in [0.05, 0.1) is 18.3 Å². The van der Waals surface area contributed by atoms with Crippen LogP contribution in [0.4, 0.5) is 0 Å². The van der Waals surface area contributed by atoms with Crippen molar-refractivity contribution in [2.24, 2.45) is 10.7 Å². The second-order valence-corrected chi connectivity index (χ2v) is 8.64. The van der Waals surface area contributed by atoms with Crippen LogP contribution in [-0.2, 0) is 14.8 Å². The van der Waals surface area contributed by atoms with E-state index in [9.17, 15) is 18.0 Å². The van der Waals surface area contributed by atoms with Crippen LogP contribution in [0.25, 0.3) is 0 Å². The molecule has 172 valence electrons. The van der Waals surface area contributed by atoms with Gasteiger partial charge in [0.15, 0.2) is 11.7 Å². The SMILES string of the molecule is C[C@H](NNS(=O)(=O)C[C@H](N)C(=O)c1ccc(OCCNC2=NCCCN2)cc1)C(=O)O. The summed E-state index contributed by atoms with van der Waals surface area (Å²) in [6.45, 7) is 3.88. The van der Waals surface area contributed by atoms with Crippen LogP contribution in [0.5, 0.6) is 5.75 Å². The van der Waals surface area contributed by atoms with Crippen LogP contribution in [0.1, 0.15) is 23.7 Å². The van der Waals surface area contributed by atoms with E-state index in [1.807, 2.05) is 4.83 Å². The molecule has 0 spiro atoms. The van der Waals surface area contributed by atoms with E-state index in [-0.39, 0.29) is 5.56 Å². The summed E-state index contributed by atoms with van der Waals surface area (Å²) in [7, 11) is -4.01. The fourth-order valence-corrected chi connectivity index (χ4v) is 3.58. The lowest BCUT2D eigenvalue weighted by Crippen LogP contribution is -2.50. The molecular weight excluding hydrogens is 428 g/mol. The number of aliphatic carboxylic acids is 1. The number of Topliss-reactive ketones (excluding diaryl/α,β-unsaturated/α-hetero) is 1. The molecule has 31 heavy (non-hydrogen) atoms. The molecule has 13 heteroatoms. The van der Waals surface area contributed by atoms with E-state index in [0.717, 1.165) is 25.5 Å². The average Bonchev–Trinajstić information content (AvgIpc) is 2.75. The summed E-state index contributed by atoms with van der Waals surface area (Å²) in [5, 5.41) is 15.0. The maximum Gasteiger partial charge on any atom is 0.321 e. The number of ether oxygens (including phenoxy) is 1. The summed E-state index contributed by atoms with van der Waals surface area (Å²) in [6, 6.07) is 3.74. The third-order valence-corrected chi connectivity index (χ3v) is 5.46. The van der Waals surface area contributed by atoms with Gasteiger partial charge >= 0.3 is 5.97 Å². The highest BCUT2D eigenvalue weighted by Gasteiger charge is 2.24. The molecule has 0 fully saturated rings. The first kappa shape index (κ1) is 24.5. The van der Waals surface area contributed by atoms with Gasteiger partial charge < -0.3 is 26.2 Å². The molecule has 1 aliphatic heterocycles. The number of aliphatic imine (C=N–C) groups is 1. The van der Waals surface area contributed by atoms with Gasteiger partial charge in [-0.2, -0.15) is 4.83 Å². The zero-order valence-electron chi connectivity index (χ0n) is 17.1. The maximum atomic E-state index is 12.4. The third-order valence-electron chi connectivity index (χ3n) is 4.24. The van der Waals surface area contributed by atoms with Crippen molar-refractivity contribution >= 4 is 27.7 Å². The van der Waals surface area contributed by atoms with Crippen molar-refractivity contribution in [3.05, 3.63) is 29.8 Å². The van der Waals surface area contributed by atoms with E-state index in [1.54, 1.807) is 12.1 Å². The Morgan fingerprint density at radius 3 is 2.65 bits per heavy atom. The van der Waals surface area contributed by atoms with Gasteiger partial charge in [0, 0.05) is 18.7 Å². The quantitative estimate of drug-likeness (QED) is 0.122. The lowest BCUT2D eigenvalue weighted by atomic mass is 10.1. The van der Waals surface area contributed by atoms with Crippen LogP contribution < -0.4 is 31.4 Å². The molecule has 1 aromatic carbocycles. The van der Waals surface area contributed by atoms with Crippen LogP contribution in [0.15, 0.2) is 29.3 Å². The number of hydrazine groups is 1. The molecule has 0 saturated heterocycles. The molecule has 7 N–H and O–H groups in total. The number of nitrogens with zero attached hydrogens (tertiary/aromatic N) is 1. The highest BCUT2D eigenvalue weighted by molar-refractivity contribution is 7.89. The number of carbonyl (C=O) groups is 2. The molecule has 0 aromatic heterocycles. The van der Waals surface area contributed by atoms with E-state index in [1.165, 1.54) is 19.1 Å². The minimum Gasteiger partial charge on any atom is -0.492 e. The van der Waals surface area contributed by atoms with Gasteiger partial charge in [0.1, 0.15) is 18.4 Å². The second-order valence-electron chi connectivity index (χ2n) is 6.87. The van der Waals surface area contributed by atoms with Crippen molar-refractivity contribution in [3.63, 3.8) is 0 Å². The standard InChI is InChI=1S/C18H28N6O6S/c1-12(17(26)27)23-24-31(28,29)11-15(19)16(25)13-3-5-14(6-4-13)30-10-9-22-18-20-7-2-8-21-18/h3-6,12,15,23-24H,2,7-11,19H2,1H3,(H,26,27)(H2,20,21,22)/t12-,15-/m0/s1. The second kappa shape index (κ2) is 11.6. The Balaban J connectivity index is 1.79. The van der Waals surface area contributed by atoms with Gasteiger partial charge in [-0.3, -0.25) is 14.6 Å². The van der Waals surface area contributed by atoms with E-state index in [4.69, 9.17) is 15.6 Å². The monoisotopic (exact) mass is 456 g/mol. The van der Waals surface area contributed by atoms with E-state index in [0.29, 0.717) is 18.9 Å². The molecule has 1 aromatic rings. The number of ketones is 1. The average molecular weight is 457 g/mol. The van der Waals surface area contributed by atoms with Crippen LogP contribution >= 0.6 is 0 Å². The van der Waals surface area contributed by atoms with Gasteiger partial charge in [-0.15, -0.1) is 0 Å². The summed E-state index contributed by atoms with van der Waals surface area (Å²) in [5.74, 6) is -1.20. The van der Waals surface area contributed by atoms with Crippen LogP contribution in [0.2, 0.25) is 0 Å². The molecule has 0 bridgehead atoms. The number of carboxylic acid groups (broad SMARTS) is 1. The lowest BCUT2D eigenvalue weighted by Gasteiger charge is -2.16. The number of nitrogens with one attached hydrogen (secondary N) is 4. The number of hydrogen-bond donors (Lipinski definition) is 6. The number of hydrogen-bond acceptors (Lipinski definition) is 10. The first-order valence-corrected chi connectivity index (χ1v) is 11.4. The fraction of sp³-hybridized carbons (Fsp3) is 0.500. The van der Waals surface area contributed by atoms with E-state index >= 15 is 0 Å². The molecule has 1 heterocycles. The van der Waals surface area contributed by atoms with Crippen LogP contribution in [0.3, 0.4) is 0 Å². The largest absolute Gasteiger partial charge is 0.492 e. The highest BCUT2D eigenvalue weighted by Crippen LogP contribution is 2.13. The number of sulfonamides is 1. The summed E-state index contributed by atoms with van der Waals surface area (Å²) >= 11 is 0. The molecule has 12 nitrogen and oxygen atoms in total. The zero-order chi connectivity index (χ0) is 22.9. The van der Waals surface area contributed by atoms with Crippen molar-refractivity contribution in [2.75, 3.05) is 32.0 Å². The summed E-state index contributed by atoms with van der Waals surface area (Å²) < 4.78 is 29.6. The molecule has 0 saturated carbocycles. The molecule has 2 rings (SSSR count). The number of carboxylic acids is 1. The van der Waals surface area contributed by atoms with E-state index < -0.39 is 39.6 Å². The Morgan fingerprint density at radius 2 is 2.03 bits per heavy atom. The van der Waals surface area contributed by atoms with Crippen molar-refractivity contribution < 1.29 is 27.9 Å². The Hall–Kier alpha value is -2.74.